The molecule has 1 amide bonds. The Morgan fingerprint density at radius 2 is 1.85 bits per heavy atom. The molecule has 0 aliphatic carbocycles. The number of amides is 1. The minimum atomic E-state index is -3.54. The third kappa shape index (κ3) is 3.91. The normalized spacial score (nSPS) is 15.0. The zero-order valence-electron chi connectivity index (χ0n) is 14.3. The summed E-state index contributed by atoms with van der Waals surface area (Å²) in [5.74, 6) is -0.546. The van der Waals surface area contributed by atoms with Gasteiger partial charge in [0, 0.05) is 24.5 Å². The molecule has 1 aliphatic rings. The van der Waals surface area contributed by atoms with Crippen LogP contribution in [0.2, 0.25) is 5.02 Å². The molecule has 2 aromatic rings. The van der Waals surface area contributed by atoms with Crippen molar-refractivity contribution in [2.45, 2.75) is 29.9 Å². The van der Waals surface area contributed by atoms with Crippen LogP contribution in [0.5, 0.6) is 0 Å². The Hall–Kier alpha value is -1.92. The maximum absolute atomic E-state index is 13.0. The van der Waals surface area contributed by atoms with E-state index in [-0.39, 0.29) is 23.9 Å². The third-order valence-corrected chi connectivity index (χ3v) is 7.16. The average molecular weight is 396 g/mol. The van der Waals surface area contributed by atoms with Crippen LogP contribution in [-0.4, -0.2) is 37.6 Å². The van der Waals surface area contributed by atoms with Crippen LogP contribution in [0, 0.1) is 12.7 Å². The predicted molar refractivity (Wildman–Crippen MR) is 98.5 cm³/mol. The first kappa shape index (κ1) is 18.9. The molecular weight excluding hydrogens is 377 g/mol. The van der Waals surface area contributed by atoms with E-state index in [4.69, 9.17) is 11.6 Å². The lowest BCUT2D eigenvalue weighted by atomic mass is 10.1. The van der Waals surface area contributed by atoms with E-state index >= 15 is 0 Å². The van der Waals surface area contributed by atoms with E-state index in [0.717, 1.165) is 23.3 Å². The first-order valence-electron chi connectivity index (χ1n) is 8.29. The highest BCUT2D eigenvalue weighted by atomic mass is 35.5. The first-order chi connectivity index (χ1) is 12.3. The average Bonchev–Trinajstić information content (AvgIpc) is 2.54. The van der Waals surface area contributed by atoms with Gasteiger partial charge in [0.2, 0.25) is 5.91 Å². The summed E-state index contributed by atoms with van der Waals surface area (Å²) < 4.78 is 37.9. The molecule has 1 heterocycles. The maximum Gasteiger partial charge on any atom is 0.222 e. The van der Waals surface area contributed by atoms with Crippen molar-refractivity contribution < 1.29 is 17.6 Å². The molecular formula is C19H19ClFNO3S. The van der Waals surface area contributed by atoms with Gasteiger partial charge in [0.1, 0.15) is 11.1 Å². The molecule has 4 nitrogen and oxygen atoms in total. The molecule has 26 heavy (non-hydrogen) atoms. The van der Waals surface area contributed by atoms with Crippen LogP contribution in [0.3, 0.4) is 0 Å². The van der Waals surface area contributed by atoms with Gasteiger partial charge in [0.05, 0.1) is 4.90 Å². The van der Waals surface area contributed by atoms with Gasteiger partial charge in [-0.05, 0) is 54.8 Å². The molecule has 0 bridgehead atoms. The molecule has 3 rings (SSSR count). The lowest BCUT2D eigenvalue weighted by Crippen LogP contribution is -2.56. The number of likely N-dealkylation sites (tertiary alicyclic amines) is 1. The topological polar surface area (TPSA) is 54.5 Å². The third-order valence-electron chi connectivity index (χ3n) is 4.63. The summed E-state index contributed by atoms with van der Waals surface area (Å²) in [5, 5.41) is 0.0614. The van der Waals surface area contributed by atoms with Gasteiger partial charge in [0.15, 0.2) is 9.84 Å². The number of hydrogen-bond donors (Lipinski definition) is 0. The van der Waals surface area contributed by atoms with Crippen molar-refractivity contribution in [3.63, 3.8) is 0 Å². The van der Waals surface area contributed by atoms with E-state index in [1.807, 2.05) is 25.1 Å². The number of sulfone groups is 1. The highest BCUT2D eigenvalue weighted by molar-refractivity contribution is 7.92. The predicted octanol–water partition coefficient (Wildman–Crippen LogP) is 3.40. The summed E-state index contributed by atoms with van der Waals surface area (Å²) in [7, 11) is -3.54. The monoisotopic (exact) mass is 395 g/mol. The Balaban J connectivity index is 1.54. The molecule has 0 radical (unpaired) electrons. The number of benzene rings is 2. The zero-order valence-corrected chi connectivity index (χ0v) is 15.9. The fourth-order valence-electron chi connectivity index (χ4n) is 2.93. The lowest BCUT2D eigenvalue weighted by Gasteiger charge is -2.38. The molecule has 0 spiro atoms. The van der Waals surface area contributed by atoms with Crippen LogP contribution in [0.4, 0.5) is 4.39 Å². The van der Waals surface area contributed by atoms with E-state index in [2.05, 4.69) is 0 Å². The van der Waals surface area contributed by atoms with Gasteiger partial charge in [-0.3, -0.25) is 4.79 Å². The van der Waals surface area contributed by atoms with E-state index in [0.29, 0.717) is 17.9 Å². The van der Waals surface area contributed by atoms with Gasteiger partial charge >= 0.3 is 0 Å². The van der Waals surface area contributed by atoms with E-state index < -0.39 is 20.9 Å². The fourth-order valence-corrected chi connectivity index (χ4v) is 4.70. The number of carbonyl (C=O) groups excluding carboxylic acids is 1. The Morgan fingerprint density at radius 3 is 2.46 bits per heavy atom. The summed E-state index contributed by atoms with van der Waals surface area (Å²) >= 11 is 5.99. The number of hydrogen-bond acceptors (Lipinski definition) is 3. The second-order valence-corrected chi connectivity index (χ2v) is 9.14. The van der Waals surface area contributed by atoms with E-state index in [1.54, 1.807) is 4.90 Å². The van der Waals surface area contributed by atoms with Crippen molar-refractivity contribution >= 4 is 27.3 Å². The van der Waals surface area contributed by atoms with Crippen LogP contribution < -0.4 is 0 Å². The van der Waals surface area contributed by atoms with Gasteiger partial charge in [0.25, 0.3) is 0 Å². The molecule has 0 atom stereocenters. The first-order valence-corrected chi connectivity index (χ1v) is 10.2. The Morgan fingerprint density at radius 1 is 1.19 bits per heavy atom. The second kappa shape index (κ2) is 7.37. The standard InChI is InChI=1S/C19H19ClFNO3S/c1-13-10-14(2-8-18(13)20)3-9-19(23)22-11-17(12-22)26(24,25)16-6-4-15(21)5-7-16/h2,4-8,10,17H,3,9,11-12H2,1H3. The van der Waals surface area contributed by atoms with Crippen molar-refractivity contribution in [2.75, 3.05) is 13.1 Å². The zero-order chi connectivity index (χ0) is 18.9. The molecule has 138 valence electrons. The highest BCUT2D eigenvalue weighted by Gasteiger charge is 2.40. The van der Waals surface area contributed by atoms with Crippen molar-refractivity contribution in [1.29, 1.82) is 0 Å². The number of rotatable bonds is 5. The Kier molecular flexibility index (Phi) is 5.34. The molecule has 1 aliphatic heterocycles. The van der Waals surface area contributed by atoms with Crippen molar-refractivity contribution in [2.24, 2.45) is 0 Å². The Labute approximate surface area is 157 Å². The minimum Gasteiger partial charge on any atom is -0.340 e. The molecule has 0 aromatic heterocycles. The lowest BCUT2D eigenvalue weighted by molar-refractivity contribution is -0.134. The maximum atomic E-state index is 13.0. The van der Waals surface area contributed by atoms with Crippen LogP contribution in [0.15, 0.2) is 47.4 Å². The number of halogens is 2. The van der Waals surface area contributed by atoms with Crippen LogP contribution in [0.25, 0.3) is 0 Å². The number of carbonyl (C=O) groups is 1. The summed E-state index contributed by atoms with van der Waals surface area (Å²) in [6.45, 7) is 2.27. The summed E-state index contributed by atoms with van der Waals surface area (Å²) in [6.07, 6.45) is 0.910. The van der Waals surface area contributed by atoms with Gasteiger partial charge in [-0.1, -0.05) is 23.7 Å². The van der Waals surface area contributed by atoms with Gasteiger partial charge in [-0.25, -0.2) is 12.8 Å². The molecule has 1 saturated heterocycles. The van der Waals surface area contributed by atoms with Gasteiger partial charge in [-0.15, -0.1) is 0 Å². The molecule has 0 N–H and O–H groups in total. The van der Waals surface area contributed by atoms with Crippen molar-refractivity contribution in [3.05, 3.63) is 64.4 Å². The number of nitrogens with zero attached hydrogens (tertiary/aromatic N) is 1. The van der Waals surface area contributed by atoms with Gasteiger partial charge < -0.3 is 4.90 Å². The van der Waals surface area contributed by atoms with E-state index in [1.165, 1.54) is 12.1 Å². The summed E-state index contributed by atoms with van der Waals surface area (Å²) in [6, 6.07) is 10.4. The minimum absolute atomic E-state index is 0.0665. The molecule has 0 saturated carbocycles. The van der Waals surface area contributed by atoms with Crippen LogP contribution in [0.1, 0.15) is 17.5 Å². The SMILES string of the molecule is Cc1cc(CCC(=O)N2CC(S(=O)(=O)c3ccc(F)cc3)C2)ccc1Cl. The summed E-state index contributed by atoms with van der Waals surface area (Å²) in [5.41, 5.74) is 1.99. The molecule has 7 heteroatoms. The van der Waals surface area contributed by atoms with Crippen LogP contribution in [-0.2, 0) is 21.1 Å². The smallest absolute Gasteiger partial charge is 0.222 e. The second-order valence-electron chi connectivity index (χ2n) is 6.50. The fraction of sp³-hybridized carbons (Fsp3) is 0.316. The van der Waals surface area contributed by atoms with E-state index in [9.17, 15) is 17.6 Å². The molecule has 2 aromatic carbocycles. The number of aryl methyl sites for hydroxylation is 2. The quantitative estimate of drug-likeness (QED) is 0.729. The largest absolute Gasteiger partial charge is 0.340 e. The Bertz CT molecular complexity index is 922. The summed E-state index contributed by atoms with van der Waals surface area (Å²) in [4.78, 5) is 13.9. The van der Waals surface area contributed by atoms with Gasteiger partial charge in [-0.2, -0.15) is 0 Å². The van der Waals surface area contributed by atoms with Crippen molar-refractivity contribution in [1.82, 2.24) is 4.90 Å². The van der Waals surface area contributed by atoms with Crippen molar-refractivity contribution in [3.8, 4) is 0 Å². The molecule has 0 unspecified atom stereocenters. The van der Waals surface area contributed by atoms with Crippen LogP contribution >= 0.6 is 11.6 Å². The highest BCUT2D eigenvalue weighted by Crippen LogP contribution is 2.25. The molecule has 1 fully saturated rings.